The molecule has 6 nitrogen and oxygen atoms in total. The van der Waals surface area contributed by atoms with Gasteiger partial charge in [-0.15, -0.1) is 0 Å². The number of primary amides is 2. The van der Waals surface area contributed by atoms with E-state index in [0.717, 1.165) is 4.90 Å². The number of carbonyl (C=O) groups excluding carboxylic acids is 3. The molecule has 0 unspecified atom stereocenters. The van der Waals surface area contributed by atoms with Crippen molar-refractivity contribution in [1.82, 2.24) is 4.90 Å². The minimum Gasteiger partial charge on any atom is -0.368 e. The largest absolute Gasteiger partial charge is 0.368 e. The summed E-state index contributed by atoms with van der Waals surface area (Å²) >= 11 is 11.6. The lowest BCUT2D eigenvalue weighted by atomic mass is 10.2. The van der Waals surface area contributed by atoms with Crippen molar-refractivity contribution in [2.45, 2.75) is 0 Å². The van der Waals surface area contributed by atoms with E-state index in [1.165, 1.54) is 12.2 Å². The normalized spacial score (nSPS) is 10.6. The van der Waals surface area contributed by atoms with Crippen molar-refractivity contribution in [2.24, 2.45) is 11.5 Å². The van der Waals surface area contributed by atoms with Gasteiger partial charge in [0.25, 0.3) is 0 Å². The van der Waals surface area contributed by atoms with Crippen molar-refractivity contribution >= 4 is 47.0 Å². The molecule has 1 aromatic carbocycles. The van der Waals surface area contributed by atoms with Crippen LogP contribution in [0.4, 0.5) is 0 Å². The summed E-state index contributed by atoms with van der Waals surface area (Å²) in [5, 5.41) is 0.738. The van der Waals surface area contributed by atoms with Gasteiger partial charge in [0.1, 0.15) is 13.1 Å². The van der Waals surface area contributed by atoms with Crippen LogP contribution in [-0.2, 0) is 14.4 Å². The fourth-order valence-corrected chi connectivity index (χ4v) is 1.78. The number of nitrogens with zero attached hydrogens (tertiary/aromatic N) is 1. The molecule has 0 heterocycles. The van der Waals surface area contributed by atoms with Crippen molar-refractivity contribution in [3.05, 3.63) is 39.9 Å². The van der Waals surface area contributed by atoms with Crippen LogP contribution in [0.3, 0.4) is 0 Å². The van der Waals surface area contributed by atoms with E-state index in [1.54, 1.807) is 18.2 Å². The van der Waals surface area contributed by atoms with Crippen LogP contribution in [-0.4, -0.2) is 35.7 Å². The van der Waals surface area contributed by atoms with Gasteiger partial charge in [0.15, 0.2) is 0 Å². The van der Waals surface area contributed by atoms with Crippen LogP contribution >= 0.6 is 23.2 Å². The van der Waals surface area contributed by atoms with E-state index in [-0.39, 0.29) is 0 Å². The Kier molecular flexibility index (Phi) is 6.20. The average molecular weight is 330 g/mol. The number of nitrogens with two attached hydrogens (primary N) is 2. The van der Waals surface area contributed by atoms with Crippen LogP contribution in [0, 0.1) is 0 Å². The van der Waals surface area contributed by atoms with Crippen LogP contribution < -0.4 is 11.5 Å². The number of benzene rings is 1. The van der Waals surface area contributed by atoms with Gasteiger partial charge in [-0.25, -0.2) is 0 Å². The summed E-state index contributed by atoms with van der Waals surface area (Å²) in [5.41, 5.74) is 10.7. The van der Waals surface area contributed by atoms with E-state index < -0.39 is 30.8 Å². The zero-order valence-corrected chi connectivity index (χ0v) is 12.4. The summed E-state index contributed by atoms with van der Waals surface area (Å²) in [6.45, 7) is -0.791. The summed E-state index contributed by atoms with van der Waals surface area (Å²) in [7, 11) is 0. The van der Waals surface area contributed by atoms with Crippen molar-refractivity contribution in [3.8, 4) is 0 Å². The molecule has 0 spiro atoms. The Labute approximate surface area is 131 Å². The molecule has 0 aliphatic heterocycles. The lowest BCUT2D eigenvalue weighted by Crippen LogP contribution is -2.42. The first-order chi connectivity index (χ1) is 9.79. The molecule has 0 saturated heterocycles. The highest BCUT2D eigenvalue weighted by Gasteiger charge is 2.15. The maximum Gasteiger partial charge on any atom is 0.247 e. The first kappa shape index (κ1) is 17.0. The van der Waals surface area contributed by atoms with Gasteiger partial charge in [0, 0.05) is 6.08 Å². The molecule has 0 bridgehead atoms. The fourth-order valence-electron chi connectivity index (χ4n) is 1.48. The third-order valence-corrected chi connectivity index (χ3v) is 3.11. The smallest absolute Gasteiger partial charge is 0.247 e. The lowest BCUT2D eigenvalue weighted by molar-refractivity contribution is -0.134. The summed E-state index contributed by atoms with van der Waals surface area (Å²) < 4.78 is 0. The van der Waals surface area contributed by atoms with Gasteiger partial charge in [0.05, 0.1) is 10.0 Å². The number of hydrogen-bond donors (Lipinski definition) is 2. The van der Waals surface area contributed by atoms with Gasteiger partial charge < -0.3 is 16.4 Å². The van der Waals surface area contributed by atoms with E-state index in [2.05, 4.69) is 0 Å². The second kappa shape index (κ2) is 7.66. The molecule has 1 aromatic rings. The van der Waals surface area contributed by atoms with Gasteiger partial charge in [-0.3, -0.25) is 14.4 Å². The van der Waals surface area contributed by atoms with Gasteiger partial charge in [-0.2, -0.15) is 0 Å². The highest BCUT2D eigenvalue weighted by atomic mass is 35.5. The molecule has 21 heavy (non-hydrogen) atoms. The molecule has 3 amide bonds. The van der Waals surface area contributed by atoms with E-state index >= 15 is 0 Å². The van der Waals surface area contributed by atoms with Crippen LogP contribution in [0.2, 0.25) is 10.0 Å². The molecular weight excluding hydrogens is 317 g/mol. The molecule has 0 fully saturated rings. The lowest BCUT2D eigenvalue weighted by Gasteiger charge is -2.17. The molecule has 112 valence electrons. The topological polar surface area (TPSA) is 106 Å². The first-order valence-corrected chi connectivity index (χ1v) is 6.54. The maximum atomic E-state index is 11.9. The molecule has 4 N–H and O–H groups in total. The van der Waals surface area contributed by atoms with Crippen LogP contribution in [0.25, 0.3) is 6.08 Å². The second-order valence-electron chi connectivity index (χ2n) is 4.13. The fraction of sp³-hybridized carbons (Fsp3) is 0.154. The molecule has 0 radical (unpaired) electrons. The second-order valence-corrected chi connectivity index (χ2v) is 4.95. The standard InChI is InChI=1S/C13H13Cl2N3O3/c14-9-3-1-8(5-10(9)15)2-4-13(21)18(6-11(16)19)7-12(17)20/h1-5H,6-7H2,(H2,16,19)(H2,17,20)/b4-2+. The van der Waals surface area contributed by atoms with Gasteiger partial charge in [0.2, 0.25) is 17.7 Å². The Morgan fingerprint density at radius 1 is 1.05 bits per heavy atom. The zero-order chi connectivity index (χ0) is 16.0. The number of hydrogen-bond acceptors (Lipinski definition) is 3. The predicted molar refractivity (Wildman–Crippen MR) is 80.5 cm³/mol. The quantitative estimate of drug-likeness (QED) is 0.754. The van der Waals surface area contributed by atoms with Crippen LogP contribution in [0.15, 0.2) is 24.3 Å². The Balaban J connectivity index is 2.83. The Hall–Kier alpha value is -2.05. The summed E-state index contributed by atoms with van der Waals surface area (Å²) in [6, 6.07) is 4.81. The Morgan fingerprint density at radius 2 is 1.62 bits per heavy atom. The molecule has 1 rings (SSSR count). The third kappa shape index (κ3) is 5.85. The van der Waals surface area contributed by atoms with Crippen LogP contribution in [0.1, 0.15) is 5.56 Å². The number of halogens is 2. The average Bonchev–Trinajstić information content (AvgIpc) is 2.38. The molecule has 0 aliphatic carbocycles. The molecular formula is C13H13Cl2N3O3. The third-order valence-electron chi connectivity index (χ3n) is 2.37. The first-order valence-electron chi connectivity index (χ1n) is 5.78. The van der Waals surface area contributed by atoms with Crippen LogP contribution in [0.5, 0.6) is 0 Å². The van der Waals surface area contributed by atoms with Gasteiger partial charge >= 0.3 is 0 Å². The molecule has 8 heteroatoms. The van der Waals surface area contributed by atoms with Crippen molar-refractivity contribution < 1.29 is 14.4 Å². The Bertz CT molecular complexity index is 586. The molecule has 0 atom stereocenters. The number of carbonyl (C=O) groups is 3. The summed E-state index contributed by atoms with van der Waals surface area (Å²) in [4.78, 5) is 34.6. The van der Waals surface area contributed by atoms with E-state index in [1.807, 2.05) is 0 Å². The maximum absolute atomic E-state index is 11.9. The minimum absolute atomic E-state index is 0.345. The monoisotopic (exact) mass is 329 g/mol. The SMILES string of the molecule is NC(=O)CN(CC(N)=O)C(=O)/C=C/c1ccc(Cl)c(Cl)c1. The van der Waals surface area contributed by atoms with E-state index in [0.29, 0.717) is 15.6 Å². The predicted octanol–water partition coefficient (Wildman–Crippen LogP) is 0.806. The zero-order valence-electron chi connectivity index (χ0n) is 10.9. The Morgan fingerprint density at radius 3 is 2.10 bits per heavy atom. The van der Waals surface area contributed by atoms with Gasteiger partial charge in [-0.1, -0.05) is 29.3 Å². The number of amides is 3. The summed E-state index contributed by atoms with van der Waals surface area (Å²) in [5.74, 6) is -2.06. The summed E-state index contributed by atoms with van der Waals surface area (Å²) in [6.07, 6.45) is 2.66. The minimum atomic E-state index is -0.743. The molecule has 0 aromatic heterocycles. The number of rotatable bonds is 6. The highest BCUT2D eigenvalue weighted by Crippen LogP contribution is 2.23. The van der Waals surface area contributed by atoms with Gasteiger partial charge in [-0.05, 0) is 23.8 Å². The van der Waals surface area contributed by atoms with E-state index in [4.69, 9.17) is 34.7 Å². The van der Waals surface area contributed by atoms with Crippen molar-refractivity contribution in [3.63, 3.8) is 0 Å². The molecule has 0 saturated carbocycles. The molecule has 0 aliphatic rings. The van der Waals surface area contributed by atoms with Crippen molar-refractivity contribution in [2.75, 3.05) is 13.1 Å². The highest BCUT2D eigenvalue weighted by molar-refractivity contribution is 6.42. The van der Waals surface area contributed by atoms with E-state index in [9.17, 15) is 14.4 Å². The van der Waals surface area contributed by atoms with Crippen molar-refractivity contribution in [1.29, 1.82) is 0 Å².